The first-order chi connectivity index (χ1) is 11.4. The number of anilines is 2. The zero-order valence-electron chi connectivity index (χ0n) is 13.8. The van der Waals surface area contributed by atoms with E-state index >= 15 is 0 Å². The molecule has 0 aromatic carbocycles. The summed E-state index contributed by atoms with van der Waals surface area (Å²) in [7, 11) is 3.69. The van der Waals surface area contributed by atoms with Crippen LogP contribution in [0.2, 0.25) is 5.54 Å². The number of rotatable bonds is 5. The quantitative estimate of drug-likeness (QED) is 0.792. The van der Waals surface area contributed by atoms with Crippen LogP contribution in [-0.4, -0.2) is 32.3 Å². The second-order valence-corrected chi connectivity index (χ2v) is 7.45. The van der Waals surface area contributed by atoms with Gasteiger partial charge in [0.1, 0.15) is 17.3 Å². The third-order valence-electron chi connectivity index (χ3n) is 4.17. The number of halogens is 2. The minimum Gasteiger partial charge on any atom is -0.367 e. The summed E-state index contributed by atoms with van der Waals surface area (Å²) in [5, 5.41) is 8.07. The van der Waals surface area contributed by atoms with Gasteiger partial charge < -0.3 is 10.6 Å². The van der Waals surface area contributed by atoms with Crippen LogP contribution in [0.4, 0.5) is 20.4 Å². The summed E-state index contributed by atoms with van der Waals surface area (Å²) < 4.78 is 26.1. The molecule has 0 saturated heterocycles. The van der Waals surface area contributed by atoms with E-state index in [9.17, 15) is 8.78 Å². The predicted octanol–water partition coefficient (Wildman–Crippen LogP) is 4.31. The Bertz CT molecular complexity index is 723. The molecule has 0 amide bonds. The number of hydrogen-bond acceptors (Lipinski definition) is 4. The Kier molecular flexibility index (Phi) is 4.98. The van der Waals surface area contributed by atoms with Crippen LogP contribution in [0.3, 0.4) is 0 Å². The van der Waals surface area contributed by atoms with Crippen molar-refractivity contribution in [1.29, 1.82) is 0 Å². The van der Waals surface area contributed by atoms with Gasteiger partial charge in [-0.1, -0.05) is 12.0 Å². The van der Waals surface area contributed by atoms with E-state index in [4.69, 9.17) is 0 Å². The number of aromatic nitrogens is 2. The van der Waals surface area contributed by atoms with Crippen LogP contribution in [0, 0.1) is 0 Å². The minimum atomic E-state index is -2.60. The lowest BCUT2D eigenvalue weighted by Gasteiger charge is -2.16. The molecule has 2 heterocycles. The first-order valence-corrected chi connectivity index (χ1v) is 8.83. The number of fused-ring (bicyclic) bond motifs is 1. The summed E-state index contributed by atoms with van der Waals surface area (Å²) in [6.45, 7) is 3.91. The second kappa shape index (κ2) is 7.00. The molecule has 3 radical (unpaired) electrons. The van der Waals surface area contributed by atoms with Gasteiger partial charge in [0, 0.05) is 39.3 Å². The molecule has 1 fully saturated rings. The molecule has 1 unspecified atom stereocenters. The van der Waals surface area contributed by atoms with Gasteiger partial charge in [-0.15, -0.1) is 0 Å². The Hall–Kier alpha value is -1.76. The first kappa shape index (κ1) is 17.1. The zero-order valence-corrected chi connectivity index (χ0v) is 14.8. The average molecular weight is 347 g/mol. The summed E-state index contributed by atoms with van der Waals surface area (Å²) in [5.41, 5.74) is 0.308. The maximum Gasteiger partial charge on any atom is 0.280 e. The number of nitrogens with one attached hydrogen (secondary N) is 2. The van der Waals surface area contributed by atoms with Gasteiger partial charge in [0.15, 0.2) is 0 Å². The van der Waals surface area contributed by atoms with Gasteiger partial charge in [-0.05, 0) is 38.8 Å². The Labute approximate surface area is 143 Å². The molecule has 1 saturated carbocycles. The molecule has 3 rings (SSSR count). The van der Waals surface area contributed by atoms with Crippen molar-refractivity contribution in [3.05, 3.63) is 24.0 Å². The first-order valence-electron chi connectivity index (χ1n) is 8.25. The molecule has 2 N–H and O–H groups in total. The van der Waals surface area contributed by atoms with Gasteiger partial charge in [-0.3, -0.25) is 0 Å². The SMILES string of the molecule is CC(C)Nc1nc(C(F)F)cc2cnc(NC3CC[C@H]([Si])C3)cc12. The molecule has 0 bridgehead atoms. The lowest BCUT2D eigenvalue weighted by Crippen LogP contribution is -2.16. The second-order valence-electron chi connectivity index (χ2n) is 6.64. The van der Waals surface area contributed by atoms with Crippen LogP contribution in [0.15, 0.2) is 18.3 Å². The van der Waals surface area contributed by atoms with E-state index in [1.165, 1.54) is 6.07 Å². The summed E-state index contributed by atoms with van der Waals surface area (Å²) in [5.74, 6) is 1.24. The highest BCUT2D eigenvalue weighted by molar-refractivity contribution is 6.11. The van der Waals surface area contributed by atoms with Gasteiger partial charge in [0.05, 0.1) is 0 Å². The Morgan fingerprint density at radius 1 is 1.25 bits per heavy atom. The average Bonchev–Trinajstić information content (AvgIpc) is 2.92. The lowest BCUT2D eigenvalue weighted by atomic mass is 10.1. The highest BCUT2D eigenvalue weighted by Crippen LogP contribution is 2.32. The van der Waals surface area contributed by atoms with Gasteiger partial charge in [-0.2, -0.15) is 0 Å². The Balaban J connectivity index is 1.95. The molecular formula is C17H21F2N4Si. The molecule has 7 heteroatoms. The third kappa shape index (κ3) is 3.83. The summed E-state index contributed by atoms with van der Waals surface area (Å²) >= 11 is 0. The highest BCUT2D eigenvalue weighted by Gasteiger charge is 2.22. The van der Waals surface area contributed by atoms with Crippen molar-refractivity contribution in [2.75, 3.05) is 10.6 Å². The maximum absolute atomic E-state index is 13.1. The van der Waals surface area contributed by atoms with Crippen molar-refractivity contribution in [3.8, 4) is 0 Å². The summed E-state index contributed by atoms with van der Waals surface area (Å²) in [4.78, 5) is 8.49. The van der Waals surface area contributed by atoms with Crippen molar-refractivity contribution in [3.63, 3.8) is 0 Å². The van der Waals surface area contributed by atoms with Crippen molar-refractivity contribution in [2.24, 2.45) is 0 Å². The molecule has 1 aliphatic rings. The number of hydrogen-bond donors (Lipinski definition) is 2. The van der Waals surface area contributed by atoms with E-state index in [-0.39, 0.29) is 11.7 Å². The molecule has 0 aliphatic heterocycles. The molecule has 2 aromatic heterocycles. The van der Waals surface area contributed by atoms with Crippen LogP contribution in [-0.2, 0) is 0 Å². The fourth-order valence-electron chi connectivity index (χ4n) is 3.06. The van der Waals surface area contributed by atoms with Crippen LogP contribution < -0.4 is 10.6 Å². The molecule has 0 spiro atoms. The Morgan fingerprint density at radius 3 is 2.67 bits per heavy atom. The fourth-order valence-corrected chi connectivity index (χ4v) is 3.51. The van der Waals surface area contributed by atoms with E-state index in [0.29, 0.717) is 22.8 Å². The predicted molar refractivity (Wildman–Crippen MR) is 94.0 cm³/mol. The van der Waals surface area contributed by atoms with E-state index < -0.39 is 6.43 Å². The molecule has 127 valence electrons. The standard InChI is InChI=1S/C17H21F2N4Si/c1-9(2)21-17-13-7-15(22-11-3-4-12(24)6-11)20-8-10(13)5-14(23-17)16(18)19/h5,7-9,11-12,16H,3-4,6H2,1-2H3,(H,20,22)(H,21,23)/t11?,12-/m0/s1. The molecular weight excluding hydrogens is 326 g/mol. The van der Waals surface area contributed by atoms with Gasteiger partial charge in [0.2, 0.25) is 0 Å². The Morgan fingerprint density at radius 2 is 2.04 bits per heavy atom. The molecule has 24 heavy (non-hydrogen) atoms. The van der Waals surface area contributed by atoms with Gasteiger partial charge in [0.25, 0.3) is 6.43 Å². The van der Waals surface area contributed by atoms with Crippen molar-refractivity contribution in [2.45, 2.75) is 57.2 Å². The van der Waals surface area contributed by atoms with E-state index in [2.05, 4.69) is 30.8 Å². The molecule has 2 aromatic rings. The monoisotopic (exact) mass is 347 g/mol. The number of nitrogens with zero attached hydrogens (tertiary/aromatic N) is 2. The lowest BCUT2D eigenvalue weighted by molar-refractivity contribution is 0.146. The number of alkyl halides is 2. The van der Waals surface area contributed by atoms with Gasteiger partial charge in [-0.25, -0.2) is 18.7 Å². The minimum absolute atomic E-state index is 0.0990. The molecule has 1 aliphatic carbocycles. The van der Waals surface area contributed by atoms with Crippen LogP contribution >= 0.6 is 0 Å². The molecule has 2 atom stereocenters. The van der Waals surface area contributed by atoms with Crippen molar-refractivity contribution < 1.29 is 8.78 Å². The smallest absolute Gasteiger partial charge is 0.280 e. The zero-order chi connectivity index (χ0) is 17.3. The van der Waals surface area contributed by atoms with Crippen molar-refractivity contribution in [1.82, 2.24) is 9.97 Å². The van der Waals surface area contributed by atoms with Crippen LogP contribution in [0.1, 0.15) is 45.2 Å². The number of pyridine rings is 2. The van der Waals surface area contributed by atoms with E-state index in [0.717, 1.165) is 30.5 Å². The topological polar surface area (TPSA) is 49.8 Å². The normalized spacial score (nSPS) is 21.0. The van der Waals surface area contributed by atoms with Gasteiger partial charge >= 0.3 is 0 Å². The maximum atomic E-state index is 13.1. The fraction of sp³-hybridized carbons (Fsp3) is 0.529. The van der Waals surface area contributed by atoms with Crippen LogP contribution in [0.25, 0.3) is 10.8 Å². The highest BCUT2D eigenvalue weighted by atomic mass is 28.1. The summed E-state index contributed by atoms with van der Waals surface area (Å²) in [6, 6.07) is 3.78. The largest absolute Gasteiger partial charge is 0.367 e. The van der Waals surface area contributed by atoms with E-state index in [1.807, 2.05) is 19.9 Å². The molecule has 4 nitrogen and oxygen atoms in total. The van der Waals surface area contributed by atoms with Crippen LogP contribution in [0.5, 0.6) is 0 Å². The third-order valence-corrected chi connectivity index (χ3v) is 4.69. The summed E-state index contributed by atoms with van der Waals surface area (Å²) in [6.07, 6.45) is 2.32. The van der Waals surface area contributed by atoms with Crippen molar-refractivity contribution >= 4 is 32.7 Å². The van der Waals surface area contributed by atoms with E-state index in [1.54, 1.807) is 6.20 Å².